The molecule has 0 aliphatic rings. The fourth-order valence-electron chi connectivity index (χ4n) is 1.81. The van der Waals surface area contributed by atoms with Crippen LogP contribution in [0.3, 0.4) is 0 Å². The van der Waals surface area contributed by atoms with Gasteiger partial charge in [0.25, 0.3) is 0 Å². The van der Waals surface area contributed by atoms with Crippen LogP contribution in [0, 0.1) is 11.7 Å². The molecular formula is C12H14ClFO4S. The Labute approximate surface area is 116 Å². The summed E-state index contributed by atoms with van der Waals surface area (Å²) < 4.78 is 37.7. The Morgan fingerprint density at radius 1 is 1.42 bits per heavy atom. The molecule has 1 rings (SSSR count). The first-order valence-electron chi connectivity index (χ1n) is 5.54. The van der Waals surface area contributed by atoms with E-state index in [1.54, 1.807) is 0 Å². The number of aliphatic carboxylic acids is 1. The Bertz CT molecular complexity index is 563. The van der Waals surface area contributed by atoms with E-state index in [4.69, 9.17) is 16.7 Å². The first kappa shape index (κ1) is 15.9. The van der Waals surface area contributed by atoms with Gasteiger partial charge in [0.1, 0.15) is 5.82 Å². The van der Waals surface area contributed by atoms with Crippen LogP contribution in [0.15, 0.2) is 18.2 Å². The zero-order valence-electron chi connectivity index (χ0n) is 10.4. The van der Waals surface area contributed by atoms with Crippen LogP contribution in [0.2, 0.25) is 5.02 Å². The maximum Gasteiger partial charge on any atom is 0.322 e. The van der Waals surface area contributed by atoms with Crippen molar-refractivity contribution in [3.8, 4) is 0 Å². The second-order valence-electron chi connectivity index (χ2n) is 4.51. The summed E-state index contributed by atoms with van der Waals surface area (Å²) in [5.41, 5.74) is -0.198. The molecule has 0 radical (unpaired) electrons. The molecule has 4 nitrogen and oxygen atoms in total. The number of benzene rings is 1. The second-order valence-corrected chi connectivity index (χ2v) is 7.04. The lowest BCUT2D eigenvalue weighted by Crippen LogP contribution is -2.36. The van der Waals surface area contributed by atoms with Crippen molar-refractivity contribution >= 4 is 27.4 Å². The Morgan fingerprint density at radius 2 is 2.00 bits per heavy atom. The average molecular weight is 309 g/mol. The summed E-state index contributed by atoms with van der Waals surface area (Å²) in [4.78, 5) is 11.0. The van der Waals surface area contributed by atoms with Crippen molar-refractivity contribution < 1.29 is 22.7 Å². The molecule has 0 aromatic heterocycles. The molecule has 7 heteroatoms. The van der Waals surface area contributed by atoms with Crippen LogP contribution in [0.5, 0.6) is 0 Å². The highest BCUT2D eigenvalue weighted by atomic mass is 35.5. The van der Waals surface area contributed by atoms with Crippen molar-refractivity contribution in [2.75, 3.05) is 0 Å². The van der Waals surface area contributed by atoms with Gasteiger partial charge in [-0.1, -0.05) is 31.5 Å². The molecule has 106 valence electrons. The zero-order valence-corrected chi connectivity index (χ0v) is 12.0. The van der Waals surface area contributed by atoms with E-state index in [-0.39, 0.29) is 10.6 Å². The van der Waals surface area contributed by atoms with Gasteiger partial charge in [0.15, 0.2) is 15.1 Å². The molecule has 1 atom stereocenters. The minimum atomic E-state index is -4.04. The van der Waals surface area contributed by atoms with Crippen LogP contribution < -0.4 is 0 Å². The number of hydrogen-bond acceptors (Lipinski definition) is 3. The summed E-state index contributed by atoms with van der Waals surface area (Å²) in [5.74, 6) is -3.55. The molecule has 19 heavy (non-hydrogen) atoms. The van der Waals surface area contributed by atoms with Crippen molar-refractivity contribution in [2.45, 2.75) is 24.9 Å². The molecule has 1 aromatic carbocycles. The second kappa shape index (κ2) is 5.88. The molecule has 1 aromatic rings. The standard InChI is InChI=1S/C12H14ClFO4S/c1-7(2)11(12(15)16)19(17,18)6-8-9(13)4-3-5-10(8)14/h3-5,7,11H,6H2,1-2H3,(H,15,16). The van der Waals surface area contributed by atoms with E-state index in [1.807, 2.05) is 0 Å². The molecular weight excluding hydrogens is 295 g/mol. The molecule has 0 saturated heterocycles. The molecule has 1 unspecified atom stereocenters. The van der Waals surface area contributed by atoms with E-state index in [1.165, 1.54) is 26.0 Å². The van der Waals surface area contributed by atoms with E-state index in [0.717, 1.165) is 6.07 Å². The summed E-state index contributed by atoms with van der Waals surface area (Å²) in [6.07, 6.45) is 0. The number of carboxylic acids is 1. The van der Waals surface area contributed by atoms with Gasteiger partial charge in [-0.25, -0.2) is 12.8 Å². The van der Waals surface area contributed by atoms with E-state index < -0.39 is 38.5 Å². The Hall–Kier alpha value is -1.14. The summed E-state index contributed by atoms with van der Waals surface area (Å²) in [5, 5.41) is 7.38. The normalized spacial score (nSPS) is 13.5. The van der Waals surface area contributed by atoms with Crippen LogP contribution in [0.25, 0.3) is 0 Å². The highest BCUT2D eigenvalue weighted by molar-refractivity contribution is 7.92. The van der Waals surface area contributed by atoms with Crippen molar-refractivity contribution in [2.24, 2.45) is 5.92 Å². The number of carbonyl (C=O) groups is 1. The maximum atomic E-state index is 13.6. The number of hydrogen-bond donors (Lipinski definition) is 1. The largest absolute Gasteiger partial charge is 0.480 e. The highest BCUT2D eigenvalue weighted by Crippen LogP contribution is 2.25. The molecule has 0 heterocycles. The number of sulfone groups is 1. The monoisotopic (exact) mass is 308 g/mol. The molecule has 0 fully saturated rings. The fourth-order valence-corrected chi connectivity index (χ4v) is 4.14. The van der Waals surface area contributed by atoms with E-state index >= 15 is 0 Å². The molecule has 1 N–H and O–H groups in total. The lowest BCUT2D eigenvalue weighted by Gasteiger charge is -2.17. The molecule has 0 aliphatic heterocycles. The van der Waals surface area contributed by atoms with Gasteiger partial charge >= 0.3 is 5.97 Å². The van der Waals surface area contributed by atoms with Crippen LogP contribution in [0.4, 0.5) is 4.39 Å². The third-order valence-electron chi connectivity index (χ3n) is 2.64. The molecule has 0 aliphatic carbocycles. The molecule has 0 spiro atoms. The quantitative estimate of drug-likeness (QED) is 0.907. The van der Waals surface area contributed by atoms with Crippen molar-refractivity contribution in [3.05, 3.63) is 34.6 Å². The Kier molecular flexibility index (Phi) is 4.92. The third-order valence-corrected chi connectivity index (χ3v) is 5.21. The fraction of sp³-hybridized carbons (Fsp3) is 0.417. The summed E-state index contributed by atoms with van der Waals surface area (Å²) in [6.45, 7) is 2.97. The van der Waals surface area contributed by atoms with Crippen LogP contribution in [0.1, 0.15) is 19.4 Å². The minimum absolute atomic E-state index is 0.0310. The lowest BCUT2D eigenvalue weighted by molar-refractivity contribution is -0.137. The van der Waals surface area contributed by atoms with E-state index in [9.17, 15) is 17.6 Å². The lowest BCUT2D eigenvalue weighted by atomic mass is 10.1. The van der Waals surface area contributed by atoms with Gasteiger partial charge in [-0.15, -0.1) is 0 Å². The van der Waals surface area contributed by atoms with Gasteiger partial charge in [0.2, 0.25) is 0 Å². The Morgan fingerprint density at radius 3 is 2.42 bits per heavy atom. The van der Waals surface area contributed by atoms with Gasteiger partial charge in [0.05, 0.1) is 5.75 Å². The first-order chi connectivity index (χ1) is 8.66. The predicted molar refractivity (Wildman–Crippen MR) is 70.3 cm³/mol. The van der Waals surface area contributed by atoms with Gasteiger partial charge in [-0.05, 0) is 18.1 Å². The molecule has 0 bridgehead atoms. The SMILES string of the molecule is CC(C)C(C(=O)O)S(=O)(=O)Cc1c(F)cccc1Cl. The van der Waals surface area contributed by atoms with Gasteiger partial charge in [-0.3, -0.25) is 4.79 Å². The van der Waals surface area contributed by atoms with Crippen LogP contribution in [-0.2, 0) is 20.4 Å². The highest BCUT2D eigenvalue weighted by Gasteiger charge is 2.36. The van der Waals surface area contributed by atoms with Crippen molar-refractivity contribution in [3.63, 3.8) is 0 Å². The number of halogens is 2. The minimum Gasteiger partial charge on any atom is -0.480 e. The molecule has 0 amide bonds. The predicted octanol–water partition coefficient (Wildman–Crippen LogP) is 2.50. The van der Waals surface area contributed by atoms with E-state index in [2.05, 4.69) is 0 Å². The van der Waals surface area contributed by atoms with E-state index in [0.29, 0.717) is 0 Å². The summed E-state index contributed by atoms with van der Waals surface area (Å²) in [6, 6.07) is 3.80. The average Bonchev–Trinajstić information content (AvgIpc) is 2.21. The van der Waals surface area contributed by atoms with Crippen molar-refractivity contribution in [1.29, 1.82) is 0 Å². The van der Waals surface area contributed by atoms with Crippen LogP contribution in [-0.4, -0.2) is 24.7 Å². The third kappa shape index (κ3) is 3.67. The van der Waals surface area contributed by atoms with Gasteiger partial charge < -0.3 is 5.11 Å². The summed E-state index contributed by atoms with van der Waals surface area (Å²) >= 11 is 5.75. The summed E-state index contributed by atoms with van der Waals surface area (Å²) in [7, 11) is -4.04. The van der Waals surface area contributed by atoms with Crippen molar-refractivity contribution in [1.82, 2.24) is 0 Å². The Balaban J connectivity index is 3.19. The number of rotatable bonds is 5. The number of carboxylic acid groups (broad SMARTS) is 1. The topological polar surface area (TPSA) is 71.4 Å². The zero-order chi connectivity index (χ0) is 14.8. The van der Waals surface area contributed by atoms with Gasteiger partial charge in [-0.2, -0.15) is 0 Å². The first-order valence-corrected chi connectivity index (χ1v) is 7.63. The maximum absolute atomic E-state index is 13.6. The van der Waals surface area contributed by atoms with Crippen LogP contribution >= 0.6 is 11.6 Å². The smallest absolute Gasteiger partial charge is 0.322 e. The van der Waals surface area contributed by atoms with Gasteiger partial charge in [0, 0.05) is 10.6 Å². The molecule has 0 saturated carbocycles.